The van der Waals surface area contributed by atoms with E-state index in [2.05, 4.69) is 37.4 Å². The van der Waals surface area contributed by atoms with Crippen molar-refractivity contribution in [1.29, 1.82) is 5.26 Å². The number of alkyl halides is 2. The quantitative estimate of drug-likeness (QED) is 0.594. The molecule has 0 saturated heterocycles. The van der Waals surface area contributed by atoms with E-state index in [1.165, 1.54) is 0 Å². The summed E-state index contributed by atoms with van der Waals surface area (Å²) in [5.41, 5.74) is 7.07. The first-order valence-electron chi connectivity index (χ1n) is 8.21. The molecule has 6 heteroatoms. The van der Waals surface area contributed by atoms with Gasteiger partial charge >= 0.3 is 0 Å². The fourth-order valence-electron chi connectivity index (χ4n) is 3.35. The van der Waals surface area contributed by atoms with Crippen LogP contribution in [0, 0.1) is 17.2 Å². The number of halogens is 2. The van der Waals surface area contributed by atoms with Gasteiger partial charge in [0.05, 0.1) is 22.9 Å². The summed E-state index contributed by atoms with van der Waals surface area (Å²) in [6.45, 7) is 7.84. The number of nitrogen functional groups attached to an aromatic ring is 1. The van der Waals surface area contributed by atoms with Crippen molar-refractivity contribution in [2.45, 2.75) is 50.2 Å². The standard InChI is InChI=1S/C18H25F2N3S/c1-12(2)7-23(8-13(3)24)16-5-4-14(6-15(16)22)17(11-21)9-18(19,20)10-17/h4-6,12-13,24H,7-10,22H2,1-3H3. The van der Waals surface area contributed by atoms with Crippen LogP contribution in [0.1, 0.15) is 39.2 Å². The highest BCUT2D eigenvalue weighted by molar-refractivity contribution is 7.80. The third-order valence-corrected chi connectivity index (χ3v) is 4.49. The molecule has 1 aliphatic carbocycles. The minimum Gasteiger partial charge on any atom is -0.397 e. The summed E-state index contributed by atoms with van der Waals surface area (Å²) in [7, 11) is 0. The van der Waals surface area contributed by atoms with Crippen molar-refractivity contribution in [1.82, 2.24) is 0 Å². The molecule has 2 rings (SSSR count). The van der Waals surface area contributed by atoms with Crippen LogP contribution in [0.2, 0.25) is 0 Å². The summed E-state index contributed by atoms with van der Waals surface area (Å²) < 4.78 is 26.6. The third kappa shape index (κ3) is 3.94. The Labute approximate surface area is 148 Å². The van der Waals surface area contributed by atoms with Gasteiger partial charge in [0.2, 0.25) is 0 Å². The van der Waals surface area contributed by atoms with E-state index < -0.39 is 24.2 Å². The number of hydrogen-bond donors (Lipinski definition) is 2. The van der Waals surface area contributed by atoms with E-state index in [0.29, 0.717) is 17.2 Å². The molecule has 1 aromatic carbocycles. The van der Waals surface area contributed by atoms with Gasteiger partial charge in [-0.2, -0.15) is 17.9 Å². The predicted molar refractivity (Wildman–Crippen MR) is 97.8 cm³/mol. The van der Waals surface area contributed by atoms with Crippen molar-refractivity contribution in [3.8, 4) is 6.07 Å². The molecule has 1 fully saturated rings. The lowest BCUT2D eigenvalue weighted by atomic mass is 9.63. The third-order valence-electron chi connectivity index (χ3n) is 4.33. The van der Waals surface area contributed by atoms with Crippen molar-refractivity contribution in [2.24, 2.45) is 5.92 Å². The fraction of sp³-hybridized carbons (Fsp3) is 0.611. The highest BCUT2D eigenvalue weighted by Gasteiger charge is 2.58. The zero-order valence-corrected chi connectivity index (χ0v) is 15.3. The summed E-state index contributed by atoms with van der Waals surface area (Å²) >= 11 is 4.46. The van der Waals surface area contributed by atoms with Crippen LogP contribution in [0.3, 0.4) is 0 Å². The second-order valence-electron chi connectivity index (χ2n) is 7.32. The van der Waals surface area contributed by atoms with E-state index >= 15 is 0 Å². The Balaban J connectivity index is 2.30. The van der Waals surface area contributed by atoms with Gasteiger partial charge in [-0.05, 0) is 23.6 Å². The highest BCUT2D eigenvalue weighted by atomic mass is 32.1. The van der Waals surface area contributed by atoms with Crippen molar-refractivity contribution < 1.29 is 8.78 Å². The van der Waals surface area contributed by atoms with Crippen LogP contribution in [0.5, 0.6) is 0 Å². The van der Waals surface area contributed by atoms with Gasteiger partial charge in [-0.1, -0.05) is 26.8 Å². The van der Waals surface area contributed by atoms with Crippen LogP contribution in [0.15, 0.2) is 18.2 Å². The Morgan fingerprint density at radius 1 is 1.29 bits per heavy atom. The molecule has 0 heterocycles. The first kappa shape index (κ1) is 18.9. The molecule has 0 aliphatic heterocycles. The molecular formula is C18H25F2N3S. The van der Waals surface area contributed by atoms with Crippen LogP contribution in [0.25, 0.3) is 0 Å². The molecule has 0 amide bonds. The molecule has 1 atom stereocenters. The van der Waals surface area contributed by atoms with Crippen LogP contribution in [0.4, 0.5) is 20.2 Å². The minimum absolute atomic E-state index is 0.179. The number of thiol groups is 1. The molecule has 24 heavy (non-hydrogen) atoms. The van der Waals surface area contributed by atoms with E-state index in [1.807, 2.05) is 13.0 Å². The molecule has 1 unspecified atom stereocenters. The average molecular weight is 353 g/mol. The van der Waals surface area contributed by atoms with Crippen LogP contribution in [-0.4, -0.2) is 24.3 Å². The van der Waals surface area contributed by atoms with Crippen molar-refractivity contribution >= 4 is 24.0 Å². The second-order valence-corrected chi connectivity index (χ2v) is 8.21. The van der Waals surface area contributed by atoms with Crippen molar-refractivity contribution in [2.75, 3.05) is 23.7 Å². The number of nitriles is 1. The predicted octanol–water partition coefficient (Wildman–Crippen LogP) is 4.24. The Morgan fingerprint density at radius 3 is 2.33 bits per heavy atom. The molecule has 0 radical (unpaired) electrons. The fourth-order valence-corrected chi connectivity index (χ4v) is 3.55. The lowest BCUT2D eigenvalue weighted by Crippen LogP contribution is -2.48. The first-order chi connectivity index (χ1) is 11.1. The Kier molecular flexibility index (Phi) is 5.34. The van der Waals surface area contributed by atoms with Gasteiger partial charge in [-0.3, -0.25) is 0 Å². The normalized spacial score (nSPS) is 19.4. The Hall–Kier alpha value is -1.48. The maximum absolute atomic E-state index is 13.3. The van der Waals surface area contributed by atoms with E-state index in [-0.39, 0.29) is 5.25 Å². The molecule has 0 aromatic heterocycles. The summed E-state index contributed by atoms with van der Waals surface area (Å²) in [5, 5.41) is 9.56. The maximum Gasteiger partial charge on any atom is 0.251 e. The van der Waals surface area contributed by atoms with Gasteiger partial charge in [-0.25, -0.2) is 8.78 Å². The van der Waals surface area contributed by atoms with E-state index in [9.17, 15) is 14.0 Å². The molecule has 0 bridgehead atoms. The van der Waals surface area contributed by atoms with E-state index in [1.54, 1.807) is 12.1 Å². The Morgan fingerprint density at radius 2 is 1.92 bits per heavy atom. The Bertz CT molecular complexity index is 620. The van der Waals surface area contributed by atoms with Gasteiger partial charge in [-0.15, -0.1) is 0 Å². The van der Waals surface area contributed by atoms with E-state index in [4.69, 9.17) is 5.73 Å². The lowest BCUT2D eigenvalue weighted by Gasteiger charge is -2.42. The second kappa shape index (κ2) is 6.79. The topological polar surface area (TPSA) is 53.0 Å². The highest BCUT2D eigenvalue weighted by Crippen LogP contribution is 2.53. The van der Waals surface area contributed by atoms with E-state index in [0.717, 1.165) is 18.8 Å². The van der Waals surface area contributed by atoms with Crippen LogP contribution in [-0.2, 0) is 5.41 Å². The van der Waals surface area contributed by atoms with Gasteiger partial charge < -0.3 is 10.6 Å². The summed E-state index contributed by atoms with van der Waals surface area (Å²) in [6.07, 6.45) is -0.864. The SMILES string of the molecule is CC(C)CN(CC(C)S)c1ccc(C2(C#N)CC(F)(F)C2)cc1N. The van der Waals surface area contributed by atoms with Crippen LogP contribution >= 0.6 is 12.6 Å². The minimum atomic E-state index is -2.76. The lowest BCUT2D eigenvalue weighted by molar-refractivity contribution is -0.109. The first-order valence-corrected chi connectivity index (χ1v) is 8.72. The van der Waals surface area contributed by atoms with Crippen molar-refractivity contribution in [3.63, 3.8) is 0 Å². The molecular weight excluding hydrogens is 328 g/mol. The molecule has 3 nitrogen and oxygen atoms in total. The van der Waals surface area contributed by atoms with Crippen LogP contribution < -0.4 is 10.6 Å². The summed E-state index contributed by atoms with van der Waals surface area (Å²) in [5.74, 6) is -2.30. The molecule has 1 aromatic rings. The van der Waals surface area contributed by atoms with Gasteiger partial charge in [0.25, 0.3) is 5.92 Å². The largest absolute Gasteiger partial charge is 0.397 e. The molecule has 132 valence electrons. The summed E-state index contributed by atoms with van der Waals surface area (Å²) in [4.78, 5) is 2.16. The smallest absolute Gasteiger partial charge is 0.251 e. The van der Waals surface area contributed by atoms with Gasteiger partial charge in [0.1, 0.15) is 0 Å². The number of hydrogen-bond acceptors (Lipinski definition) is 4. The van der Waals surface area contributed by atoms with Gasteiger partial charge in [0, 0.05) is 31.2 Å². The zero-order chi connectivity index (χ0) is 18.1. The maximum atomic E-state index is 13.3. The number of rotatable bonds is 6. The average Bonchev–Trinajstić information content (AvgIpc) is 2.42. The number of anilines is 2. The molecule has 1 aliphatic rings. The van der Waals surface area contributed by atoms with Gasteiger partial charge in [0.15, 0.2) is 0 Å². The molecule has 2 N–H and O–H groups in total. The summed E-state index contributed by atoms with van der Waals surface area (Å²) in [6, 6.07) is 7.36. The number of nitrogens with two attached hydrogens (primary N) is 1. The molecule has 1 saturated carbocycles. The monoisotopic (exact) mass is 353 g/mol. The molecule has 0 spiro atoms. The number of benzene rings is 1. The van der Waals surface area contributed by atoms with Crippen molar-refractivity contribution in [3.05, 3.63) is 23.8 Å². The number of nitrogens with zero attached hydrogens (tertiary/aromatic N) is 2. The zero-order valence-electron chi connectivity index (χ0n) is 14.4.